The van der Waals surface area contributed by atoms with E-state index in [1.807, 2.05) is 0 Å². The lowest BCUT2D eigenvalue weighted by Gasteiger charge is -2.13. The van der Waals surface area contributed by atoms with Crippen molar-refractivity contribution in [2.24, 2.45) is 0 Å². The Kier molecular flexibility index (Phi) is 7.46. The number of fused-ring (bicyclic) bond motifs is 3. The molecule has 0 radical (unpaired) electrons. The van der Waals surface area contributed by atoms with Crippen molar-refractivity contribution < 1.29 is 13.9 Å². The first kappa shape index (κ1) is 21.5. The highest BCUT2D eigenvalue weighted by Crippen LogP contribution is 2.41. The third kappa shape index (κ3) is 4.39. The first-order chi connectivity index (χ1) is 14.2. The molecule has 0 fully saturated rings. The molecule has 0 N–H and O–H groups in total. The molecule has 0 saturated carbocycles. The zero-order valence-electron chi connectivity index (χ0n) is 18.8. The van der Waals surface area contributed by atoms with Gasteiger partial charge in [-0.3, -0.25) is 0 Å². The Balaban J connectivity index is 2.30. The van der Waals surface area contributed by atoms with Crippen LogP contribution >= 0.6 is 0 Å². The molecule has 0 aliphatic carbocycles. The summed E-state index contributed by atoms with van der Waals surface area (Å²) in [5.41, 5.74) is 3.82. The second-order valence-electron chi connectivity index (χ2n) is 7.98. The molecule has 0 spiro atoms. The minimum atomic E-state index is 0.760. The second-order valence-corrected chi connectivity index (χ2v) is 7.98. The van der Waals surface area contributed by atoms with Gasteiger partial charge in [0.25, 0.3) is 0 Å². The zero-order chi connectivity index (χ0) is 20.8. The summed E-state index contributed by atoms with van der Waals surface area (Å²) in [4.78, 5) is 0. The first-order valence-electron chi connectivity index (χ1n) is 11.3. The van der Waals surface area contributed by atoms with Crippen LogP contribution in [0.25, 0.3) is 21.7 Å². The predicted molar refractivity (Wildman–Crippen MR) is 123 cm³/mol. The molecule has 3 nitrogen and oxygen atoms in total. The maximum absolute atomic E-state index is 6.55. The predicted octanol–water partition coefficient (Wildman–Crippen LogP) is 7.63. The van der Waals surface area contributed by atoms with Gasteiger partial charge in [-0.05, 0) is 61.3 Å². The molecule has 1 aromatic heterocycles. The highest BCUT2D eigenvalue weighted by Gasteiger charge is 2.20. The standard InChI is InChI=1S/C26H36O3/c1-6-9-12-18-15-21-19(13-10-7-2)23(14-11-8-3)29-26(21)22-17-25(28-5)24(27-4)16-20(18)22/h15-17H,6-14H2,1-5H3. The average Bonchev–Trinajstić information content (AvgIpc) is 3.10. The van der Waals surface area contributed by atoms with E-state index in [4.69, 9.17) is 13.9 Å². The average molecular weight is 397 g/mol. The minimum Gasteiger partial charge on any atom is -0.493 e. The molecular weight excluding hydrogens is 360 g/mol. The van der Waals surface area contributed by atoms with Crippen LogP contribution in [0.4, 0.5) is 0 Å². The molecular formula is C26H36O3. The van der Waals surface area contributed by atoms with Crippen molar-refractivity contribution in [3.63, 3.8) is 0 Å². The van der Waals surface area contributed by atoms with Crippen molar-refractivity contribution in [1.29, 1.82) is 0 Å². The van der Waals surface area contributed by atoms with E-state index in [0.717, 1.165) is 48.2 Å². The van der Waals surface area contributed by atoms with Gasteiger partial charge in [0.15, 0.2) is 11.5 Å². The van der Waals surface area contributed by atoms with E-state index in [1.54, 1.807) is 14.2 Å². The summed E-state index contributed by atoms with van der Waals surface area (Å²) >= 11 is 0. The largest absolute Gasteiger partial charge is 0.493 e. The van der Waals surface area contributed by atoms with Crippen molar-refractivity contribution in [1.82, 2.24) is 0 Å². The molecule has 0 amide bonds. The molecule has 1 heterocycles. The lowest BCUT2D eigenvalue weighted by Crippen LogP contribution is -1.95. The van der Waals surface area contributed by atoms with Gasteiger partial charge < -0.3 is 13.9 Å². The fourth-order valence-corrected chi connectivity index (χ4v) is 4.21. The van der Waals surface area contributed by atoms with Gasteiger partial charge in [-0.1, -0.05) is 40.0 Å². The lowest BCUT2D eigenvalue weighted by atomic mass is 9.94. The van der Waals surface area contributed by atoms with Gasteiger partial charge in [0.2, 0.25) is 0 Å². The summed E-state index contributed by atoms with van der Waals surface area (Å²) in [5.74, 6) is 2.72. The summed E-state index contributed by atoms with van der Waals surface area (Å²) in [6.07, 6.45) is 10.3. The summed E-state index contributed by atoms with van der Waals surface area (Å²) in [7, 11) is 3.40. The van der Waals surface area contributed by atoms with E-state index >= 15 is 0 Å². The van der Waals surface area contributed by atoms with Crippen molar-refractivity contribution in [3.8, 4) is 11.5 Å². The molecule has 3 rings (SSSR count). The third-order valence-corrected chi connectivity index (χ3v) is 5.90. The van der Waals surface area contributed by atoms with Crippen LogP contribution < -0.4 is 9.47 Å². The van der Waals surface area contributed by atoms with E-state index in [1.165, 1.54) is 59.8 Å². The van der Waals surface area contributed by atoms with Crippen molar-refractivity contribution >= 4 is 21.7 Å². The number of rotatable bonds is 11. The van der Waals surface area contributed by atoms with Gasteiger partial charge in [0.1, 0.15) is 11.3 Å². The van der Waals surface area contributed by atoms with Crippen LogP contribution in [0.3, 0.4) is 0 Å². The number of methoxy groups -OCH3 is 2. The van der Waals surface area contributed by atoms with E-state index in [-0.39, 0.29) is 0 Å². The molecule has 0 unspecified atom stereocenters. The molecule has 0 atom stereocenters. The number of aryl methyl sites for hydroxylation is 3. The molecule has 0 aliphatic heterocycles. The van der Waals surface area contributed by atoms with Crippen molar-refractivity contribution in [2.75, 3.05) is 14.2 Å². The molecule has 0 saturated heterocycles. The lowest BCUT2D eigenvalue weighted by molar-refractivity contribution is 0.356. The summed E-state index contributed by atoms with van der Waals surface area (Å²) in [6.45, 7) is 6.74. The van der Waals surface area contributed by atoms with Gasteiger partial charge in [-0.25, -0.2) is 0 Å². The Bertz CT molecular complexity index is 952. The van der Waals surface area contributed by atoms with E-state index < -0.39 is 0 Å². The molecule has 0 bridgehead atoms. The third-order valence-electron chi connectivity index (χ3n) is 5.90. The fraction of sp³-hybridized carbons (Fsp3) is 0.538. The molecule has 29 heavy (non-hydrogen) atoms. The van der Waals surface area contributed by atoms with Gasteiger partial charge in [0.05, 0.1) is 14.2 Å². The number of hydrogen-bond donors (Lipinski definition) is 0. The Morgan fingerprint density at radius 3 is 1.90 bits per heavy atom. The topological polar surface area (TPSA) is 31.6 Å². The van der Waals surface area contributed by atoms with Gasteiger partial charge in [0, 0.05) is 22.8 Å². The summed E-state index contributed by atoms with van der Waals surface area (Å²) in [5, 5.41) is 3.67. The molecule has 0 aliphatic rings. The van der Waals surface area contributed by atoms with Gasteiger partial charge in [-0.2, -0.15) is 0 Å². The molecule has 2 aromatic carbocycles. The highest BCUT2D eigenvalue weighted by atomic mass is 16.5. The van der Waals surface area contributed by atoms with Crippen molar-refractivity contribution in [2.45, 2.75) is 78.6 Å². The Labute approximate surface area is 175 Å². The Hall–Kier alpha value is -2.16. The van der Waals surface area contributed by atoms with Crippen molar-refractivity contribution in [3.05, 3.63) is 35.1 Å². The maximum atomic E-state index is 6.55. The fourth-order valence-electron chi connectivity index (χ4n) is 4.21. The van der Waals surface area contributed by atoms with Crippen LogP contribution in [0.1, 0.15) is 76.2 Å². The van der Waals surface area contributed by atoms with Gasteiger partial charge in [-0.15, -0.1) is 0 Å². The van der Waals surface area contributed by atoms with Crippen LogP contribution in [-0.4, -0.2) is 14.2 Å². The van der Waals surface area contributed by atoms with Crippen LogP contribution in [-0.2, 0) is 19.3 Å². The van der Waals surface area contributed by atoms with Gasteiger partial charge >= 0.3 is 0 Å². The Morgan fingerprint density at radius 2 is 1.28 bits per heavy atom. The number of ether oxygens (including phenoxy) is 2. The number of hydrogen-bond acceptors (Lipinski definition) is 3. The van der Waals surface area contributed by atoms with Crippen LogP contribution in [0.15, 0.2) is 22.6 Å². The van der Waals surface area contributed by atoms with E-state index in [0.29, 0.717) is 0 Å². The molecule has 3 heteroatoms. The smallest absolute Gasteiger partial charge is 0.161 e. The normalized spacial score (nSPS) is 11.5. The SMILES string of the molecule is CCCCc1oc2c(cc(CCCC)c3cc(OC)c(OC)cc32)c1CCCC. The minimum absolute atomic E-state index is 0.760. The van der Waals surface area contributed by atoms with Crippen LogP contribution in [0.5, 0.6) is 11.5 Å². The van der Waals surface area contributed by atoms with Crippen LogP contribution in [0, 0.1) is 0 Å². The van der Waals surface area contributed by atoms with E-state index in [9.17, 15) is 0 Å². The van der Waals surface area contributed by atoms with E-state index in [2.05, 4.69) is 39.0 Å². The second kappa shape index (κ2) is 10.0. The first-order valence-corrected chi connectivity index (χ1v) is 11.3. The summed E-state index contributed by atoms with van der Waals surface area (Å²) < 4.78 is 17.8. The quantitative estimate of drug-likeness (QED) is 0.334. The molecule has 158 valence electrons. The maximum Gasteiger partial charge on any atom is 0.161 e. The number of furan rings is 1. The molecule has 3 aromatic rings. The highest BCUT2D eigenvalue weighted by molar-refractivity contribution is 6.08. The number of unbranched alkanes of at least 4 members (excludes halogenated alkanes) is 3. The van der Waals surface area contributed by atoms with Crippen LogP contribution in [0.2, 0.25) is 0 Å². The Morgan fingerprint density at radius 1 is 0.690 bits per heavy atom. The monoisotopic (exact) mass is 396 g/mol. The summed E-state index contributed by atoms with van der Waals surface area (Å²) in [6, 6.07) is 6.62. The zero-order valence-corrected chi connectivity index (χ0v) is 18.8. The number of benzene rings is 2.